The molecule has 1 rings (SSSR count). The summed E-state index contributed by atoms with van der Waals surface area (Å²) in [7, 11) is 0. The van der Waals surface area contributed by atoms with E-state index in [2.05, 4.69) is 0 Å². The zero-order chi connectivity index (χ0) is 15.7. The van der Waals surface area contributed by atoms with Crippen molar-refractivity contribution in [3.63, 3.8) is 0 Å². The van der Waals surface area contributed by atoms with Crippen molar-refractivity contribution in [3.8, 4) is 0 Å². The van der Waals surface area contributed by atoms with Gasteiger partial charge in [0.2, 0.25) is 0 Å². The molecule has 0 unspecified atom stereocenters. The molecule has 0 heterocycles. The van der Waals surface area contributed by atoms with Gasteiger partial charge in [0.1, 0.15) is 5.76 Å². The second-order valence-electron chi connectivity index (χ2n) is 4.28. The molecule has 0 bridgehead atoms. The molecule has 1 aliphatic carbocycles. The molecule has 0 amide bonds. The average Bonchev–Trinajstić information content (AvgIpc) is 2.40. The molecule has 0 aliphatic heterocycles. The van der Waals surface area contributed by atoms with Gasteiger partial charge in [0, 0.05) is 19.3 Å². The first-order chi connectivity index (χ1) is 9.51. The molecular weight excluding hydrogens is 260 g/mol. The number of carbonyl (C=O) groups is 3. The predicted octanol–water partition coefficient (Wildman–Crippen LogP) is 2.74. The van der Waals surface area contributed by atoms with E-state index in [-0.39, 0.29) is 30.8 Å². The van der Waals surface area contributed by atoms with Crippen LogP contribution in [0.4, 0.5) is 0 Å². The highest BCUT2D eigenvalue weighted by Crippen LogP contribution is 2.26. The van der Waals surface area contributed by atoms with Crippen LogP contribution >= 0.6 is 0 Å². The average molecular weight is 284 g/mol. The minimum absolute atomic E-state index is 0.0618. The summed E-state index contributed by atoms with van der Waals surface area (Å²) in [5.41, 5.74) is -0.127. The smallest absolute Gasteiger partial charge is 0.309 e. The topological polar surface area (TPSA) is 80.7 Å². The van der Waals surface area contributed by atoms with Gasteiger partial charge in [-0.25, -0.2) is 0 Å². The van der Waals surface area contributed by atoms with Crippen molar-refractivity contribution in [2.24, 2.45) is 5.92 Å². The lowest BCUT2D eigenvalue weighted by atomic mass is 9.83. The maximum absolute atomic E-state index is 11.8. The molecule has 0 radical (unpaired) electrons. The SMILES string of the molecule is CC.CCCC(O)=C1C(=O)CC(C(=O)OCC)CC1=O. The lowest BCUT2D eigenvalue weighted by molar-refractivity contribution is -0.151. The van der Waals surface area contributed by atoms with E-state index in [1.54, 1.807) is 6.92 Å². The Morgan fingerprint density at radius 3 is 2.10 bits per heavy atom. The van der Waals surface area contributed by atoms with E-state index in [0.29, 0.717) is 12.8 Å². The molecule has 5 heteroatoms. The van der Waals surface area contributed by atoms with E-state index < -0.39 is 23.5 Å². The molecular formula is C15H24O5. The largest absolute Gasteiger partial charge is 0.511 e. The van der Waals surface area contributed by atoms with Crippen molar-refractivity contribution in [1.29, 1.82) is 0 Å². The van der Waals surface area contributed by atoms with Crippen LogP contribution in [0.1, 0.15) is 53.4 Å². The fraction of sp³-hybridized carbons (Fsp3) is 0.667. The highest BCUT2D eigenvalue weighted by Gasteiger charge is 2.36. The van der Waals surface area contributed by atoms with E-state index in [4.69, 9.17) is 4.74 Å². The fourth-order valence-electron chi connectivity index (χ4n) is 1.99. The molecule has 5 nitrogen and oxygen atoms in total. The van der Waals surface area contributed by atoms with Gasteiger partial charge in [0.25, 0.3) is 0 Å². The Morgan fingerprint density at radius 2 is 1.70 bits per heavy atom. The summed E-state index contributed by atoms with van der Waals surface area (Å²) in [6.45, 7) is 7.74. The van der Waals surface area contributed by atoms with Gasteiger partial charge < -0.3 is 9.84 Å². The highest BCUT2D eigenvalue weighted by molar-refractivity contribution is 6.23. The van der Waals surface area contributed by atoms with E-state index >= 15 is 0 Å². The molecule has 20 heavy (non-hydrogen) atoms. The third kappa shape index (κ3) is 4.79. The van der Waals surface area contributed by atoms with Gasteiger partial charge >= 0.3 is 5.97 Å². The number of hydrogen-bond donors (Lipinski definition) is 1. The molecule has 0 spiro atoms. The van der Waals surface area contributed by atoms with Crippen molar-refractivity contribution in [2.45, 2.75) is 53.4 Å². The number of carbonyl (C=O) groups excluding carboxylic acids is 3. The zero-order valence-electron chi connectivity index (χ0n) is 12.7. The van der Waals surface area contributed by atoms with Gasteiger partial charge in [-0.1, -0.05) is 20.8 Å². The first-order valence-electron chi connectivity index (χ1n) is 7.16. The summed E-state index contributed by atoms with van der Waals surface area (Å²) in [5, 5.41) is 9.66. The summed E-state index contributed by atoms with van der Waals surface area (Å²) in [4.78, 5) is 35.1. The van der Waals surface area contributed by atoms with Gasteiger partial charge in [0.05, 0.1) is 18.1 Å². The maximum Gasteiger partial charge on any atom is 0.309 e. The number of ketones is 2. The molecule has 114 valence electrons. The third-order valence-corrected chi connectivity index (χ3v) is 2.82. The first kappa shape index (κ1) is 18.4. The number of Topliss-reactive ketones (excluding diaryl/α,β-unsaturated/α-hetero) is 2. The highest BCUT2D eigenvalue weighted by atomic mass is 16.5. The molecule has 1 saturated carbocycles. The Morgan fingerprint density at radius 1 is 1.20 bits per heavy atom. The molecule has 0 atom stereocenters. The van der Waals surface area contributed by atoms with Crippen LogP contribution in [0.15, 0.2) is 11.3 Å². The Balaban J connectivity index is 0.00000172. The van der Waals surface area contributed by atoms with E-state index in [1.165, 1.54) is 0 Å². The minimum Gasteiger partial charge on any atom is -0.511 e. The van der Waals surface area contributed by atoms with Gasteiger partial charge in [-0.15, -0.1) is 0 Å². The lowest BCUT2D eigenvalue weighted by Gasteiger charge is -2.21. The second-order valence-corrected chi connectivity index (χ2v) is 4.28. The van der Waals surface area contributed by atoms with Crippen LogP contribution in [0.3, 0.4) is 0 Å². The number of aliphatic hydroxyl groups is 1. The Kier molecular flexibility index (Phi) is 8.52. The van der Waals surface area contributed by atoms with Gasteiger partial charge in [-0.3, -0.25) is 14.4 Å². The Labute approximate surface area is 120 Å². The van der Waals surface area contributed by atoms with Gasteiger partial charge in [0.15, 0.2) is 11.6 Å². The minimum atomic E-state index is -0.705. The number of ether oxygens (including phenoxy) is 1. The lowest BCUT2D eigenvalue weighted by Crippen LogP contribution is -2.32. The normalized spacial score (nSPS) is 18.2. The van der Waals surface area contributed by atoms with Gasteiger partial charge in [-0.2, -0.15) is 0 Å². The number of allylic oxidation sites excluding steroid dienone is 2. The molecule has 0 aromatic heterocycles. The van der Waals surface area contributed by atoms with Crippen LogP contribution < -0.4 is 0 Å². The number of hydrogen-bond acceptors (Lipinski definition) is 5. The number of rotatable bonds is 4. The molecule has 1 aliphatic rings. The maximum atomic E-state index is 11.8. The van der Waals surface area contributed by atoms with E-state index in [9.17, 15) is 19.5 Å². The van der Waals surface area contributed by atoms with E-state index in [1.807, 2.05) is 20.8 Å². The second kappa shape index (κ2) is 9.28. The molecule has 0 aromatic carbocycles. The zero-order valence-corrected chi connectivity index (χ0v) is 12.7. The van der Waals surface area contributed by atoms with Crippen molar-refractivity contribution in [2.75, 3.05) is 6.61 Å². The summed E-state index contributed by atoms with van der Waals surface area (Å²) in [6.07, 6.45) is 0.829. The number of aliphatic hydroxyl groups excluding tert-OH is 1. The van der Waals surface area contributed by atoms with Crippen LogP contribution in [-0.2, 0) is 19.1 Å². The standard InChI is InChI=1S/C13H18O5.C2H6/c1-3-5-9(14)12-10(15)6-8(7-11(12)16)13(17)18-4-2;1-2/h8,14H,3-7H2,1-2H3;1-2H3. The molecule has 1 fully saturated rings. The summed E-state index contributed by atoms with van der Waals surface area (Å²) in [6, 6.07) is 0. The number of esters is 1. The summed E-state index contributed by atoms with van der Waals surface area (Å²) in [5.74, 6) is -2.31. The van der Waals surface area contributed by atoms with Crippen LogP contribution in [-0.4, -0.2) is 29.2 Å². The molecule has 1 N–H and O–H groups in total. The quantitative estimate of drug-likeness (QED) is 0.371. The van der Waals surface area contributed by atoms with Crippen molar-refractivity contribution in [1.82, 2.24) is 0 Å². The fourth-order valence-corrected chi connectivity index (χ4v) is 1.99. The van der Waals surface area contributed by atoms with Crippen molar-refractivity contribution in [3.05, 3.63) is 11.3 Å². The first-order valence-corrected chi connectivity index (χ1v) is 7.16. The monoisotopic (exact) mass is 284 g/mol. The summed E-state index contributed by atoms with van der Waals surface area (Å²) >= 11 is 0. The molecule has 0 saturated heterocycles. The van der Waals surface area contributed by atoms with E-state index in [0.717, 1.165) is 0 Å². The summed E-state index contributed by atoms with van der Waals surface area (Å²) < 4.78 is 4.80. The third-order valence-electron chi connectivity index (χ3n) is 2.82. The molecule has 0 aromatic rings. The Bertz CT molecular complexity index is 375. The van der Waals surface area contributed by atoms with Crippen LogP contribution in [0, 0.1) is 5.92 Å². The Hall–Kier alpha value is -1.65. The van der Waals surface area contributed by atoms with Crippen LogP contribution in [0.2, 0.25) is 0 Å². The van der Waals surface area contributed by atoms with Crippen molar-refractivity contribution >= 4 is 17.5 Å². The predicted molar refractivity (Wildman–Crippen MR) is 75.3 cm³/mol. The van der Waals surface area contributed by atoms with Gasteiger partial charge in [-0.05, 0) is 13.3 Å². The van der Waals surface area contributed by atoms with Crippen LogP contribution in [0.25, 0.3) is 0 Å². The van der Waals surface area contributed by atoms with Crippen LogP contribution in [0.5, 0.6) is 0 Å². The van der Waals surface area contributed by atoms with Crippen molar-refractivity contribution < 1.29 is 24.2 Å².